The van der Waals surface area contributed by atoms with E-state index in [1.54, 1.807) is 0 Å². The molecule has 4 heterocycles. The number of carbonyl (C=O) groups excluding carboxylic acids is 1. The number of amides is 1. The SMILES string of the molecule is Cn1cncc1CN(Cc1ccc(CNC(=O)c2c(Cl)cncc2Cl)cc1)C1CCOc2cccnc21. The van der Waals surface area contributed by atoms with Gasteiger partial charge in [0.1, 0.15) is 5.75 Å². The molecular weight excluding hydrogens is 511 g/mol. The molecule has 1 aliphatic rings. The van der Waals surface area contributed by atoms with Gasteiger partial charge in [0.2, 0.25) is 0 Å². The van der Waals surface area contributed by atoms with Gasteiger partial charge in [-0.25, -0.2) is 4.98 Å². The Morgan fingerprint density at radius 2 is 1.84 bits per heavy atom. The smallest absolute Gasteiger partial charge is 0.254 e. The lowest BCUT2D eigenvalue weighted by Crippen LogP contribution is -2.33. The first-order valence-electron chi connectivity index (χ1n) is 11.9. The lowest BCUT2D eigenvalue weighted by Gasteiger charge is -2.35. The Morgan fingerprint density at radius 3 is 2.57 bits per heavy atom. The Balaban J connectivity index is 1.30. The molecule has 1 N–H and O–H groups in total. The van der Waals surface area contributed by atoms with Crippen LogP contribution in [0.2, 0.25) is 10.0 Å². The number of pyridine rings is 2. The highest BCUT2D eigenvalue weighted by Crippen LogP contribution is 2.36. The minimum absolute atomic E-state index is 0.119. The van der Waals surface area contributed by atoms with E-state index in [0.717, 1.165) is 47.8 Å². The summed E-state index contributed by atoms with van der Waals surface area (Å²) in [7, 11) is 2.01. The molecule has 1 amide bonds. The first-order valence-corrected chi connectivity index (χ1v) is 12.7. The minimum Gasteiger partial charge on any atom is -0.492 e. The average molecular weight is 537 g/mol. The summed E-state index contributed by atoms with van der Waals surface area (Å²) in [5.41, 5.74) is 4.43. The fourth-order valence-electron chi connectivity index (χ4n) is 4.47. The molecule has 1 aliphatic heterocycles. The summed E-state index contributed by atoms with van der Waals surface area (Å²) in [5, 5.41) is 3.32. The van der Waals surface area contributed by atoms with E-state index >= 15 is 0 Å². The minimum atomic E-state index is -0.338. The van der Waals surface area contributed by atoms with Gasteiger partial charge in [0.05, 0.1) is 46.0 Å². The van der Waals surface area contributed by atoms with E-state index in [9.17, 15) is 4.79 Å². The van der Waals surface area contributed by atoms with Crippen molar-refractivity contribution >= 4 is 29.1 Å². The number of benzene rings is 1. The molecule has 0 aliphatic carbocycles. The monoisotopic (exact) mass is 536 g/mol. The second-order valence-electron chi connectivity index (χ2n) is 8.92. The van der Waals surface area contributed by atoms with E-state index in [-0.39, 0.29) is 27.6 Å². The molecule has 0 saturated heterocycles. The van der Waals surface area contributed by atoms with Crippen molar-refractivity contribution in [1.29, 1.82) is 0 Å². The lowest BCUT2D eigenvalue weighted by atomic mass is 10.0. The van der Waals surface area contributed by atoms with E-state index < -0.39 is 0 Å². The first-order chi connectivity index (χ1) is 18.0. The van der Waals surface area contributed by atoms with Crippen molar-refractivity contribution in [2.24, 2.45) is 7.05 Å². The van der Waals surface area contributed by atoms with Gasteiger partial charge in [0.15, 0.2) is 0 Å². The standard InChI is InChI=1S/C27H26Cl2N6O2/c1-34-17-31-12-20(34)16-35(23-8-10-37-24-3-2-9-32-26(23)24)15-19-6-4-18(5-7-19)11-33-27(36)25-21(28)13-30-14-22(25)29/h2-7,9,12-14,17,23H,8,10-11,15-16H2,1H3,(H,33,36). The molecule has 1 atom stereocenters. The van der Waals surface area contributed by atoms with Gasteiger partial charge >= 0.3 is 0 Å². The summed E-state index contributed by atoms with van der Waals surface area (Å²) in [6.45, 7) is 2.45. The third-order valence-electron chi connectivity index (χ3n) is 6.43. The zero-order chi connectivity index (χ0) is 25.8. The zero-order valence-corrected chi connectivity index (χ0v) is 21.8. The van der Waals surface area contributed by atoms with Crippen molar-refractivity contribution in [3.05, 3.63) is 106 Å². The molecule has 0 bridgehead atoms. The number of ether oxygens (including phenoxy) is 1. The normalized spacial score (nSPS) is 14.8. The van der Waals surface area contributed by atoms with Crippen LogP contribution in [-0.4, -0.2) is 36.9 Å². The molecule has 1 aromatic carbocycles. The van der Waals surface area contributed by atoms with Crippen LogP contribution in [0.15, 0.2) is 67.5 Å². The number of rotatable bonds is 8. The van der Waals surface area contributed by atoms with Gasteiger partial charge in [0.25, 0.3) is 5.91 Å². The predicted molar refractivity (Wildman–Crippen MR) is 141 cm³/mol. The van der Waals surface area contributed by atoms with Crippen molar-refractivity contribution in [2.75, 3.05) is 6.61 Å². The number of nitrogens with zero attached hydrogens (tertiary/aromatic N) is 5. The maximum absolute atomic E-state index is 12.6. The molecule has 0 fully saturated rings. The summed E-state index contributed by atoms with van der Waals surface area (Å²) in [6.07, 6.45) is 9.20. The molecule has 5 rings (SSSR count). The predicted octanol–water partition coefficient (Wildman–Crippen LogP) is 4.97. The summed E-state index contributed by atoms with van der Waals surface area (Å²) in [4.78, 5) is 27.8. The third kappa shape index (κ3) is 5.77. The van der Waals surface area contributed by atoms with Crippen LogP contribution in [0.1, 0.15) is 45.3 Å². The fourth-order valence-corrected chi connectivity index (χ4v) is 5.00. The van der Waals surface area contributed by atoms with Gasteiger partial charge in [-0.3, -0.25) is 19.7 Å². The van der Waals surface area contributed by atoms with E-state index in [1.165, 1.54) is 12.4 Å². The van der Waals surface area contributed by atoms with Crippen molar-refractivity contribution in [3.63, 3.8) is 0 Å². The van der Waals surface area contributed by atoms with E-state index in [0.29, 0.717) is 13.2 Å². The largest absolute Gasteiger partial charge is 0.492 e. The van der Waals surface area contributed by atoms with E-state index in [4.69, 9.17) is 27.9 Å². The van der Waals surface area contributed by atoms with Gasteiger partial charge in [-0.15, -0.1) is 0 Å². The number of hydrogen-bond acceptors (Lipinski definition) is 6. The van der Waals surface area contributed by atoms with Crippen LogP contribution in [0.25, 0.3) is 0 Å². The summed E-state index contributed by atoms with van der Waals surface area (Å²) < 4.78 is 7.90. The van der Waals surface area contributed by atoms with Gasteiger partial charge in [-0.2, -0.15) is 0 Å². The Labute approximate surface area is 225 Å². The number of fused-ring (bicyclic) bond motifs is 1. The quantitative estimate of drug-likeness (QED) is 0.342. The zero-order valence-electron chi connectivity index (χ0n) is 20.3. The van der Waals surface area contributed by atoms with Crippen LogP contribution >= 0.6 is 23.2 Å². The van der Waals surface area contributed by atoms with Crippen LogP contribution in [-0.2, 0) is 26.7 Å². The molecule has 190 valence electrons. The topological polar surface area (TPSA) is 85.2 Å². The first kappa shape index (κ1) is 25.2. The highest BCUT2D eigenvalue weighted by molar-refractivity contribution is 6.39. The highest BCUT2D eigenvalue weighted by Gasteiger charge is 2.29. The molecule has 0 saturated carbocycles. The molecule has 37 heavy (non-hydrogen) atoms. The van der Waals surface area contributed by atoms with Gasteiger partial charge in [-0.05, 0) is 23.3 Å². The maximum atomic E-state index is 12.6. The number of imidazole rings is 1. The Bertz CT molecular complexity index is 1370. The fraction of sp³-hybridized carbons (Fsp3) is 0.259. The molecule has 4 aromatic rings. The lowest BCUT2D eigenvalue weighted by molar-refractivity contribution is 0.0951. The molecule has 1 unspecified atom stereocenters. The van der Waals surface area contributed by atoms with Crippen LogP contribution in [0.5, 0.6) is 5.75 Å². The summed E-state index contributed by atoms with van der Waals surface area (Å²) >= 11 is 12.2. The van der Waals surface area contributed by atoms with Gasteiger partial charge in [-0.1, -0.05) is 47.5 Å². The Kier molecular flexibility index (Phi) is 7.69. The molecular formula is C27H26Cl2N6O2. The van der Waals surface area contributed by atoms with Crippen molar-refractivity contribution < 1.29 is 9.53 Å². The van der Waals surface area contributed by atoms with E-state index in [2.05, 4.69) is 37.3 Å². The molecule has 8 nitrogen and oxygen atoms in total. The Hall–Kier alpha value is -3.46. The molecule has 0 spiro atoms. The number of nitrogens with one attached hydrogen (secondary N) is 1. The van der Waals surface area contributed by atoms with Crippen LogP contribution in [0.4, 0.5) is 0 Å². The Morgan fingerprint density at radius 1 is 1.08 bits per heavy atom. The number of carbonyl (C=O) groups is 1. The highest BCUT2D eigenvalue weighted by atomic mass is 35.5. The molecule has 0 radical (unpaired) electrons. The van der Waals surface area contributed by atoms with Crippen molar-refractivity contribution in [2.45, 2.75) is 32.1 Å². The van der Waals surface area contributed by atoms with Crippen LogP contribution in [0, 0.1) is 0 Å². The van der Waals surface area contributed by atoms with Gasteiger partial charge < -0.3 is 14.6 Å². The summed E-state index contributed by atoms with van der Waals surface area (Å²) in [5.74, 6) is 0.503. The number of aryl methyl sites for hydroxylation is 1. The second kappa shape index (κ2) is 11.3. The molecule has 10 heteroatoms. The van der Waals surface area contributed by atoms with Crippen molar-refractivity contribution in [1.82, 2.24) is 29.7 Å². The number of hydrogen-bond donors (Lipinski definition) is 1. The maximum Gasteiger partial charge on any atom is 0.254 e. The molecule has 3 aromatic heterocycles. The third-order valence-corrected chi connectivity index (χ3v) is 7.00. The average Bonchev–Trinajstić information content (AvgIpc) is 3.31. The van der Waals surface area contributed by atoms with Crippen LogP contribution < -0.4 is 10.1 Å². The van der Waals surface area contributed by atoms with Crippen LogP contribution in [0.3, 0.4) is 0 Å². The second-order valence-corrected chi connectivity index (χ2v) is 9.73. The van der Waals surface area contributed by atoms with Gasteiger partial charge in [0, 0.05) is 57.9 Å². The van der Waals surface area contributed by atoms with E-state index in [1.807, 2.05) is 54.6 Å². The number of halogens is 2. The van der Waals surface area contributed by atoms with Crippen molar-refractivity contribution in [3.8, 4) is 5.75 Å². The summed E-state index contributed by atoms with van der Waals surface area (Å²) in [6, 6.07) is 12.2. The number of aromatic nitrogens is 4.